The predicted octanol–water partition coefficient (Wildman–Crippen LogP) is 1.95. The summed E-state index contributed by atoms with van der Waals surface area (Å²) in [5.74, 6) is 0.825. The van der Waals surface area contributed by atoms with Gasteiger partial charge in [0.1, 0.15) is 0 Å². The van der Waals surface area contributed by atoms with Crippen LogP contribution in [0.3, 0.4) is 0 Å². The zero-order valence-corrected chi connectivity index (χ0v) is 13.7. The summed E-state index contributed by atoms with van der Waals surface area (Å²) in [4.78, 5) is 10.00. The summed E-state index contributed by atoms with van der Waals surface area (Å²) in [6.07, 6.45) is 8.10. The molecule has 2 N–H and O–H groups in total. The smallest absolute Gasteiger partial charge is 0.191 e. The van der Waals surface area contributed by atoms with Gasteiger partial charge in [0, 0.05) is 57.1 Å². The minimum absolute atomic E-state index is 0.776. The molecule has 0 saturated carbocycles. The molecular weight excluding hydrogens is 282 g/mol. The summed E-state index contributed by atoms with van der Waals surface area (Å²) in [5, 5.41) is 7.81. The van der Waals surface area contributed by atoms with Crippen LogP contribution < -0.4 is 10.6 Å². The summed E-state index contributed by atoms with van der Waals surface area (Å²) >= 11 is 1.79. The predicted molar refractivity (Wildman–Crippen MR) is 88.8 cm³/mol. The minimum atomic E-state index is 0.776. The number of hydrogen-bond donors (Lipinski definition) is 2. The fourth-order valence-electron chi connectivity index (χ4n) is 1.99. The highest BCUT2D eigenvalue weighted by Gasteiger charge is 2.02. The molecule has 2 rings (SSSR count). The van der Waals surface area contributed by atoms with E-state index in [1.165, 1.54) is 15.4 Å². The molecule has 0 atom stereocenters. The second kappa shape index (κ2) is 7.83. The van der Waals surface area contributed by atoms with Gasteiger partial charge in [0.15, 0.2) is 5.96 Å². The first-order chi connectivity index (χ1) is 10.2. The minimum Gasteiger partial charge on any atom is -0.357 e. The fourth-order valence-corrected chi connectivity index (χ4v) is 2.85. The van der Waals surface area contributed by atoms with Gasteiger partial charge in [-0.2, -0.15) is 0 Å². The van der Waals surface area contributed by atoms with E-state index in [0.717, 1.165) is 31.9 Å². The SMILES string of the molecule is CCc1cnc(CCNC(=NC)NCc2ccn(C)c2)s1. The van der Waals surface area contributed by atoms with Crippen molar-refractivity contribution in [1.82, 2.24) is 20.2 Å². The molecule has 0 radical (unpaired) electrons. The van der Waals surface area contributed by atoms with Crippen molar-refractivity contribution in [1.29, 1.82) is 0 Å². The van der Waals surface area contributed by atoms with Crippen LogP contribution in [0, 0.1) is 0 Å². The molecule has 0 saturated heterocycles. The normalized spacial score (nSPS) is 11.7. The molecule has 2 heterocycles. The van der Waals surface area contributed by atoms with Crippen molar-refractivity contribution in [3.05, 3.63) is 40.1 Å². The van der Waals surface area contributed by atoms with Gasteiger partial charge in [-0.3, -0.25) is 4.99 Å². The molecule has 0 aliphatic heterocycles. The van der Waals surface area contributed by atoms with Crippen LogP contribution in [0.25, 0.3) is 0 Å². The van der Waals surface area contributed by atoms with Crippen LogP contribution in [0.15, 0.2) is 29.6 Å². The molecule has 5 nitrogen and oxygen atoms in total. The third kappa shape index (κ3) is 4.90. The molecule has 0 spiro atoms. The lowest BCUT2D eigenvalue weighted by atomic mass is 10.3. The first-order valence-corrected chi connectivity index (χ1v) is 8.02. The fraction of sp³-hybridized carbons (Fsp3) is 0.467. The number of aliphatic imine (C=N–C) groups is 1. The van der Waals surface area contributed by atoms with E-state index in [2.05, 4.69) is 39.8 Å². The number of aromatic nitrogens is 2. The van der Waals surface area contributed by atoms with Crippen LogP contribution in [0.5, 0.6) is 0 Å². The Morgan fingerprint density at radius 2 is 2.29 bits per heavy atom. The van der Waals surface area contributed by atoms with Gasteiger partial charge in [-0.05, 0) is 18.1 Å². The molecule has 0 fully saturated rings. The maximum Gasteiger partial charge on any atom is 0.191 e. The first kappa shape index (κ1) is 15.6. The Kier molecular flexibility index (Phi) is 5.80. The Labute approximate surface area is 130 Å². The molecule has 21 heavy (non-hydrogen) atoms. The Morgan fingerprint density at radius 1 is 1.43 bits per heavy atom. The molecule has 0 unspecified atom stereocenters. The summed E-state index contributed by atoms with van der Waals surface area (Å²) in [6, 6.07) is 2.10. The molecular formula is C15H23N5S. The van der Waals surface area contributed by atoms with E-state index in [4.69, 9.17) is 0 Å². The van der Waals surface area contributed by atoms with Crippen molar-refractivity contribution in [2.45, 2.75) is 26.3 Å². The zero-order valence-electron chi connectivity index (χ0n) is 12.9. The molecule has 0 amide bonds. The van der Waals surface area contributed by atoms with E-state index in [-0.39, 0.29) is 0 Å². The standard InChI is InChI=1S/C15H23N5S/c1-4-13-10-18-14(21-13)5-7-17-15(16-2)19-9-12-6-8-20(3)11-12/h6,8,10-11H,4-5,7,9H2,1-3H3,(H2,16,17,19). The lowest BCUT2D eigenvalue weighted by Crippen LogP contribution is -2.37. The quantitative estimate of drug-likeness (QED) is 0.633. The summed E-state index contributed by atoms with van der Waals surface area (Å²) in [6.45, 7) is 3.77. The molecule has 0 aliphatic carbocycles. The van der Waals surface area contributed by atoms with E-state index < -0.39 is 0 Å². The molecule has 114 valence electrons. The number of thiazole rings is 1. The maximum absolute atomic E-state index is 4.42. The Balaban J connectivity index is 1.72. The van der Waals surface area contributed by atoms with E-state index in [9.17, 15) is 0 Å². The van der Waals surface area contributed by atoms with Gasteiger partial charge in [0.25, 0.3) is 0 Å². The summed E-state index contributed by atoms with van der Waals surface area (Å²) in [7, 11) is 3.81. The van der Waals surface area contributed by atoms with Crippen molar-refractivity contribution < 1.29 is 0 Å². The van der Waals surface area contributed by atoms with Crippen LogP contribution >= 0.6 is 11.3 Å². The average molecular weight is 305 g/mol. The third-order valence-electron chi connectivity index (χ3n) is 3.16. The highest BCUT2D eigenvalue weighted by Crippen LogP contribution is 2.13. The van der Waals surface area contributed by atoms with Crippen molar-refractivity contribution in [3.8, 4) is 0 Å². The second-order valence-corrected chi connectivity index (χ2v) is 6.06. The van der Waals surface area contributed by atoms with Gasteiger partial charge in [-0.1, -0.05) is 6.92 Å². The Bertz CT molecular complexity index is 584. The van der Waals surface area contributed by atoms with Crippen molar-refractivity contribution in [3.63, 3.8) is 0 Å². The maximum atomic E-state index is 4.42. The van der Waals surface area contributed by atoms with Gasteiger partial charge in [0.2, 0.25) is 0 Å². The number of nitrogens with one attached hydrogen (secondary N) is 2. The topological polar surface area (TPSA) is 54.2 Å². The first-order valence-electron chi connectivity index (χ1n) is 7.20. The largest absolute Gasteiger partial charge is 0.357 e. The van der Waals surface area contributed by atoms with Gasteiger partial charge >= 0.3 is 0 Å². The Morgan fingerprint density at radius 3 is 2.90 bits per heavy atom. The lowest BCUT2D eigenvalue weighted by Gasteiger charge is -2.10. The van der Waals surface area contributed by atoms with Gasteiger partial charge in [-0.15, -0.1) is 11.3 Å². The van der Waals surface area contributed by atoms with Crippen molar-refractivity contribution in [2.75, 3.05) is 13.6 Å². The molecule has 0 aliphatic rings. The number of guanidine groups is 1. The number of hydrogen-bond acceptors (Lipinski definition) is 3. The highest BCUT2D eigenvalue weighted by atomic mass is 32.1. The monoisotopic (exact) mass is 305 g/mol. The van der Waals surface area contributed by atoms with E-state index in [0.29, 0.717) is 0 Å². The number of rotatable bonds is 6. The molecule has 0 aromatic carbocycles. The van der Waals surface area contributed by atoms with Gasteiger partial charge < -0.3 is 15.2 Å². The lowest BCUT2D eigenvalue weighted by molar-refractivity contribution is 0.790. The number of aryl methyl sites for hydroxylation is 2. The van der Waals surface area contributed by atoms with E-state index >= 15 is 0 Å². The summed E-state index contributed by atoms with van der Waals surface area (Å²) < 4.78 is 2.04. The van der Waals surface area contributed by atoms with Crippen molar-refractivity contribution in [2.24, 2.45) is 12.0 Å². The van der Waals surface area contributed by atoms with Crippen LogP contribution in [0.2, 0.25) is 0 Å². The molecule has 0 bridgehead atoms. The van der Waals surface area contributed by atoms with Gasteiger partial charge in [0.05, 0.1) is 5.01 Å². The molecule has 2 aromatic rings. The number of nitrogens with zero attached hydrogens (tertiary/aromatic N) is 3. The van der Waals surface area contributed by atoms with Gasteiger partial charge in [-0.25, -0.2) is 4.98 Å². The van der Waals surface area contributed by atoms with Crippen LogP contribution in [-0.2, 0) is 26.4 Å². The molecule has 6 heteroatoms. The van der Waals surface area contributed by atoms with E-state index in [1.807, 2.05) is 24.0 Å². The second-order valence-electron chi connectivity index (χ2n) is 4.86. The van der Waals surface area contributed by atoms with E-state index in [1.54, 1.807) is 18.4 Å². The third-order valence-corrected chi connectivity index (χ3v) is 4.36. The average Bonchev–Trinajstić information content (AvgIpc) is 3.11. The molecule has 2 aromatic heterocycles. The Hall–Kier alpha value is -1.82. The van der Waals surface area contributed by atoms with Crippen LogP contribution in [0.1, 0.15) is 22.4 Å². The zero-order chi connectivity index (χ0) is 15.1. The van der Waals surface area contributed by atoms with Crippen molar-refractivity contribution >= 4 is 17.3 Å². The summed E-state index contributed by atoms with van der Waals surface area (Å²) in [5.41, 5.74) is 1.24. The highest BCUT2D eigenvalue weighted by molar-refractivity contribution is 7.11. The van der Waals surface area contributed by atoms with Crippen LogP contribution in [0.4, 0.5) is 0 Å². The van der Waals surface area contributed by atoms with Crippen LogP contribution in [-0.4, -0.2) is 29.1 Å².